The van der Waals surface area contributed by atoms with Crippen LogP contribution in [0.15, 0.2) is 53.9 Å². The lowest BCUT2D eigenvalue weighted by atomic mass is 10.1. The highest BCUT2D eigenvalue weighted by Gasteiger charge is 2.09. The van der Waals surface area contributed by atoms with Crippen molar-refractivity contribution in [1.82, 2.24) is 10.3 Å². The zero-order chi connectivity index (χ0) is 16.2. The van der Waals surface area contributed by atoms with Crippen molar-refractivity contribution in [3.8, 4) is 10.6 Å². The molecule has 0 aliphatic rings. The number of benzene rings is 2. The van der Waals surface area contributed by atoms with Gasteiger partial charge in [-0.15, -0.1) is 11.3 Å². The summed E-state index contributed by atoms with van der Waals surface area (Å²) < 4.78 is 0. The number of hydrogen-bond donors (Lipinski definition) is 1. The normalized spacial score (nSPS) is 10.5. The van der Waals surface area contributed by atoms with Crippen LogP contribution in [-0.2, 0) is 6.54 Å². The maximum atomic E-state index is 12.1. The van der Waals surface area contributed by atoms with E-state index in [0.29, 0.717) is 17.1 Å². The molecule has 0 fully saturated rings. The van der Waals surface area contributed by atoms with Crippen molar-refractivity contribution in [3.63, 3.8) is 0 Å². The van der Waals surface area contributed by atoms with E-state index in [9.17, 15) is 4.79 Å². The Morgan fingerprint density at radius 3 is 2.65 bits per heavy atom. The highest BCUT2D eigenvalue weighted by atomic mass is 35.5. The molecule has 0 saturated heterocycles. The zero-order valence-corrected chi connectivity index (χ0v) is 14.1. The second-order valence-corrected chi connectivity index (χ2v) is 6.44. The minimum atomic E-state index is -0.132. The molecule has 0 spiro atoms. The van der Waals surface area contributed by atoms with Crippen LogP contribution in [0.25, 0.3) is 10.6 Å². The van der Waals surface area contributed by atoms with E-state index < -0.39 is 0 Å². The number of aromatic nitrogens is 1. The minimum Gasteiger partial charge on any atom is -0.346 e. The van der Waals surface area contributed by atoms with Crippen LogP contribution in [0.2, 0.25) is 5.02 Å². The monoisotopic (exact) mass is 342 g/mol. The number of carbonyl (C=O) groups excluding carboxylic acids is 1. The van der Waals surface area contributed by atoms with Gasteiger partial charge < -0.3 is 5.32 Å². The van der Waals surface area contributed by atoms with Crippen molar-refractivity contribution in [2.24, 2.45) is 0 Å². The molecule has 0 atom stereocenters. The van der Waals surface area contributed by atoms with Crippen LogP contribution in [-0.4, -0.2) is 10.9 Å². The van der Waals surface area contributed by atoms with Crippen LogP contribution in [0.4, 0.5) is 0 Å². The summed E-state index contributed by atoms with van der Waals surface area (Å²) in [6.45, 7) is 2.47. The molecular weight excluding hydrogens is 328 g/mol. The molecule has 1 amide bonds. The Morgan fingerprint density at radius 1 is 1.17 bits per heavy atom. The summed E-state index contributed by atoms with van der Waals surface area (Å²) >= 11 is 7.41. The summed E-state index contributed by atoms with van der Waals surface area (Å²) in [6.07, 6.45) is 0. The van der Waals surface area contributed by atoms with Crippen LogP contribution in [0.1, 0.15) is 21.6 Å². The molecular formula is C18H15ClN2OS. The fourth-order valence-corrected chi connectivity index (χ4v) is 3.23. The van der Waals surface area contributed by atoms with Crippen LogP contribution in [0, 0.1) is 6.92 Å². The van der Waals surface area contributed by atoms with Crippen molar-refractivity contribution in [2.45, 2.75) is 13.5 Å². The third-order valence-corrected chi connectivity index (χ3v) is 4.64. The maximum Gasteiger partial charge on any atom is 0.251 e. The fraction of sp³-hybridized carbons (Fsp3) is 0.111. The van der Waals surface area contributed by atoms with Gasteiger partial charge in [-0.25, -0.2) is 4.98 Å². The fourth-order valence-electron chi connectivity index (χ4n) is 2.20. The Bertz CT molecular complexity index is 827. The molecule has 23 heavy (non-hydrogen) atoms. The van der Waals surface area contributed by atoms with Gasteiger partial charge in [0.15, 0.2) is 0 Å². The molecule has 3 nitrogen and oxygen atoms in total. The van der Waals surface area contributed by atoms with E-state index in [4.69, 9.17) is 11.6 Å². The number of nitrogens with one attached hydrogen (secondary N) is 1. The van der Waals surface area contributed by atoms with Crippen LogP contribution in [0.5, 0.6) is 0 Å². The Balaban J connectivity index is 1.67. The molecule has 1 N–H and O–H groups in total. The Labute approximate surface area is 144 Å². The van der Waals surface area contributed by atoms with Gasteiger partial charge in [0, 0.05) is 21.5 Å². The Morgan fingerprint density at radius 2 is 1.91 bits per heavy atom. The van der Waals surface area contributed by atoms with E-state index in [1.807, 2.05) is 17.5 Å². The van der Waals surface area contributed by atoms with E-state index >= 15 is 0 Å². The summed E-state index contributed by atoms with van der Waals surface area (Å²) in [5.41, 5.74) is 3.77. The van der Waals surface area contributed by atoms with Gasteiger partial charge in [0.25, 0.3) is 5.91 Å². The smallest absolute Gasteiger partial charge is 0.251 e. The Hall–Kier alpha value is -2.17. The van der Waals surface area contributed by atoms with Gasteiger partial charge >= 0.3 is 0 Å². The lowest BCUT2D eigenvalue weighted by Crippen LogP contribution is -2.22. The number of aryl methyl sites for hydroxylation is 1. The van der Waals surface area contributed by atoms with Gasteiger partial charge in [0.2, 0.25) is 0 Å². The first-order chi connectivity index (χ1) is 11.1. The second kappa shape index (κ2) is 6.94. The van der Waals surface area contributed by atoms with Gasteiger partial charge in [-0.3, -0.25) is 4.79 Å². The van der Waals surface area contributed by atoms with Crippen molar-refractivity contribution < 1.29 is 4.79 Å². The molecule has 3 rings (SSSR count). The predicted octanol–water partition coefficient (Wildman–Crippen LogP) is 4.70. The molecule has 0 aliphatic heterocycles. The quantitative estimate of drug-likeness (QED) is 0.746. The molecule has 0 bridgehead atoms. The van der Waals surface area contributed by atoms with E-state index in [-0.39, 0.29) is 5.91 Å². The molecule has 0 unspecified atom stereocenters. The van der Waals surface area contributed by atoms with E-state index in [2.05, 4.69) is 29.4 Å². The van der Waals surface area contributed by atoms with Crippen molar-refractivity contribution >= 4 is 28.8 Å². The first-order valence-electron chi connectivity index (χ1n) is 7.17. The molecule has 5 heteroatoms. The summed E-state index contributed by atoms with van der Waals surface area (Å²) in [6, 6.07) is 15.0. The Kier molecular flexibility index (Phi) is 4.74. The predicted molar refractivity (Wildman–Crippen MR) is 94.9 cm³/mol. The second-order valence-electron chi connectivity index (χ2n) is 5.15. The number of rotatable bonds is 4. The van der Waals surface area contributed by atoms with Gasteiger partial charge in [0.1, 0.15) is 5.01 Å². The molecule has 0 aliphatic carbocycles. The lowest BCUT2D eigenvalue weighted by Gasteiger charge is -2.03. The van der Waals surface area contributed by atoms with Crippen molar-refractivity contribution in [1.29, 1.82) is 0 Å². The number of carbonyl (C=O) groups is 1. The molecule has 1 heterocycles. The van der Waals surface area contributed by atoms with Gasteiger partial charge in [-0.1, -0.05) is 35.9 Å². The van der Waals surface area contributed by atoms with Gasteiger partial charge in [0.05, 0.1) is 12.2 Å². The molecule has 3 aromatic rings. The average Bonchev–Trinajstić information content (AvgIpc) is 3.02. The zero-order valence-electron chi connectivity index (χ0n) is 12.5. The minimum absolute atomic E-state index is 0.132. The first-order valence-corrected chi connectivity index (χ1v) is 8.43. The number of halogens is 1. The largest absolute Gasteiger partial charge is 0.346 e. The third kappa shape index (κ3) is 3.78. The molecule has 0 radical (unpaired) electrons. The summed E-state index contributed by atoms with van der Waals surface area (Å²) in [5, 5.41) is 6.44. The summed E-state index contributed by atoms with van der Waals surface area (Å²) in [7, 11) is 0. The number of hydrogen-bond acceptors (Lipinski definition) is 3. The van der Waals surface area contributed by atoms with Crippen LogP contribution >= 0.6 is 22.9 Å². The lowest BCUT2D eigenvalue weighted by molar-refractivity contribution is 0.0950. The van der Waals surface area contributed by atoms with Crippen LogP contribution in [0.3, 0.4) is 0 Å². The van der Waals surface area contributed by atoms with Crippen molar-refractivity contribution in [2.75, 3.05) is 0 Å². The standard InChI is InChI=1S/C18H15ClN2OS/c1-12-4-2-3-5-16(12)18-21-15(11-23-18)10-20-17(22)13-6-8-14(19)9-7-13/h2-9,11H,10H2,1H3,(H,20,22). The van der Waals surface area contributed by atoms with E-state index in [1.54, 1.807) is 35.6 Å². The average molecular weight is 343 g/mol. The maximum absolute atomic E-state index is 12.1. The third-order valence-electron chi connectivity index (χ3n) is 3.46. The highest BCUT2D eigenvalue weighted by molar-refractivity contribution is 7.13. The molecule has 1 aromatic heterocycles. The van der Waals surface area contributed by atoms with Gasteiger partial charge in [-0.05, 0) is 36.8 Å². The first kappa shape index (κ1) is 15.7. The number of thiazole rings is 1. The summed E-state index contributed by atoms with van der Waals surface area (Å²) in [4.78, 5) is 16.7. The molecule has 2 aromatic carbocycles. The number of nitrogens with zero attached hydrogens (tertiary/aromatic N) is 1. The molecule has 116 valence electrons. The van der Waals surface area contributed by atoms with Gasteiger partial charge in [-0.2, -0.15) is 0 Å². The topological polar surface area (TPSA) is 42.0 Å². The summed E-state index contributed by atoms with van der Waals surface area (Å²) in [5.74, 6) is -0.132. The van der Waals surface area contributed by atoms with Crippen molar-refractivity contribution in [3.05, 3.63) is 75.8 Å². The molecule has 0 saturated carbocycles. The van der Waals surface area contributed by atoms with E-state index in [0.717, 1.165) is 16.3 Å². The van der Waals surface area contributed by atoms with E-state index in [1.165, 1.54) is 5.56 Å². The highest BCUT2D eigenvalue weighted by Crippen LogP contribution is 2.26. The SMILES string of the molecule is Cc1ccccc1-c1nc(CNC(=O)c2ccc(Cl)cc2)cs1. The van der Waals surface area contributed by atoms with Crippen LogP contribution < -0.4 is 5.32 Å². The number of amides is 1.